The largest absolute Gasteiger partial charge is 0.497 e. The molecule has 0 spiro atoms. The first-order chi connectivity index (χ1) is 8.61. The van der Waals surface area contributed by atoms with Crippen LogP contribution in [-0.4, -0.2) is 35.1 Å². The monoisotopic (exact) mass is 278 g/mol. The summed E-state index contributed by atoms with van der Waals surface area (Å²) in [5.41, 5.74) is -3.52. The van der Waals surface area contributed by atoms with Crippen molar-refractivity contribution < 1.29 is 32.9 Å². The van der Waals surface area contributed by atoms with Crippen molar-refractivity contribution in [2.45, 2.75) is 24.6 Å². The van der Waals surface area contributed by atoms with E-state index in [-0.39, 0.29) is 5.56 Å². The van der Waals surface area contributed by atoms with Crippen molar-refractivity contribution in [2.75, 3.05) is 7.11 Å². The lowest BCUT2D eigenvalue weighted by Gasteiger charge is -2.32. The normalized spacial score (nSPS) is 16.5. The second kappa shape index (κ2) is 5.08. The van der Waals surface area contributed by atoms with E-state index in [1.165, 1.54) is 31.4 Å². The molecule has 0 saturated carbocycles. The second-order valence-electron chi connectivity index (χ2n) is 4.19. The van der Waals surface area contributed by atoms with Crippen LogP contribution in [-0.2, 0) is 4.79 Å². The van der Waals surface area contributed by atoms with Gasteiger partial charge in [-0.2, -0.15) is 13.2 Å². The number of rotatable bonds is 4. The Kier molecular flexibility index (Phi) is 4.09. The van der Waals surface area contributed by atoms with Gasteiger partial charge in [0.1, 0.15) is 11.7 Å². The number of methoxy groups -OCH3 is 1. The van der Waals surface area contributed by atoms with E-state index >= 15 is 0 Å². The predicted molar refractivity (Wildman–Crippen MR) is 60.0 cm³/mol. The van der Waals surface area contributed by atoms with Gasteiger partial charge in [0.25, 0.3) is 0 Å². The number of hydrogen-bond acceptors (Lipinski definition) is 3. The Bertz CT molecular complexity index is 451. The molecule has 2 N–H and O–H groups in total. The van der Waals surface area contributed by atoms with E-state index in [2.05, 4.69) is 0 Å². The summed E-state index contributed by atoms with van der Waals surface area (Å²) in [5.74, 6) is -3.49. The fourth-order valence-electron chi connectivity index (χ4n) is 1.67. The van der Waals surface area contributed by atoms with Crippen LogP contribution in [0.2, 0.25) is 0 Å². The van der Waals surface area contributed by atoms with Crippen molar-refractivity contribution in [2.24, 2.45) is 0 Å². The lowest BCUT2D eigenvalue weighted by molar-refractivity contribution is -0.261. The standard InChI is InChI=1S/C12H13F3O4/c1-11(18,12(13,14)15)9(10(16)17)7-3-5-8(19-2)6-4-7/h3-6,9,18H,1-2H3,(H,16,17). The molecule has 0 saturated heterocycles. The molecule has 1 aromatic carbocycles. The van der Waals surface area contributed by atoms with Crippen molar-refractivity contribution in [3.05, 3.63) is 29.8 Å². The molecular formula is C12H13F3O4. The summed E-state index contributed by atoms with van der Waals surface area (Å²) in [5, 5.41) is 18.5. The maximum atomic E-state index is 12.7. The Morgan fingerprint density at radius 1 is 1.26 bits per heavy atom. The van der Waals surface area contributed by atoms with Crippen LogP contribution in [0.4, 0.5) is 13.2 Å². The maximum Gasteiger partial charge on any atom is 0.418 e. The molecule has 0 radical (unpaired) electrons. The zero-order valence-corrected chi connectivity index (χ0v) is 10.2. The molecule has 2 unspecified atom stereocenters. The van der Waals surface area contributed by atoms with Crippen LogP contribution in [0.3, 0.4) is 0 Å². The van der Waals surface area contributed by atoms with Crippen LogP contribution >= 0.6 is 0 Å². The van der Waals surface area contributed by atoms with E-state index in [1.54, 1.807) is 0 Å². The molecule has 0 amide bonds. The van der Waals surface area contributed by atoms with E-state index < -0.39 is 23.7 Å². The average Bonchev–Trinajstić information content (AvgIpc) is 2.27. The lowest BCUT2D eigenvalue weighted by Crippen LogP contribution is -2.50. The van der Waals surface area contributed by atoms with Gasteiger partial charge in [-0.15, -0.1) is 0 Å². The van der Waals surface area contributed by atoms with Crippen molar-refractivity contribution in [1.29, 1.82) is 0 Å². The van der Waals surface area contributed by atoms with Crippen molar-refractivity contribution in [3.8, 4) is 5.75 Å². The Morgan fingerprint density at radius 3 is 2.05 bits per heavy atom. The first-order valence-electron chi connectivity index (χ1n) is 5.27. The highest BCUT2D eigenvalue weighted by molar-refractivity contribution is 5.78. The first-order valence-corrected chi connectivity index (χ1v) is 5.27. The third-order valence-corrected chi connectivity index (χ3v) is 2.83. The van der Waals surface area contributed by atoms with Gasteiger partial charge in [-0.05, 0) is 24.6 Å². The van der Waals surface area contributed by atoms with Crippen LogP contribution in [0.1, 0.15) is 18.4 Å². The minimum Gasteiger partial charge on any atom is -0.497 e. The van der Waals surface area contributed by atoms with Crippen LogP contribution in [0.25, 0.3) is 0 Å². The Morgan fingerprint density at radius 2 is 1.74 bits per heavy atom. The molecule has 0 aliphatic carbocycles. The maximum absolute atomic E-state index is 12.7. The molecule has 0 aliphatic heterocycles. The molecule has 0 heterocycles. The predicted octanol–water partition coefficient (Wildman–Crippen LogP) is 2.18. The molecule has 0 aromatic heterocycles. The Labute approximate surface area is 107 Å². The van der Waals surface area contributed by atoms with Gasteiger partial charge in [0.15, 0.2) is 5.60 Å². The van der Waals surface area contributed by atoms with Gasteiger partial charge in [-0.1, -0.05) is 12.1 Å². The molecule has 0 fully saturated rings. The fourth-order valence-corrected chi connectivity index (χ4v) is 1.67. The van der Waals surface area contributed by atoms with Crippen LogP contribution in [0.15, 0.2) is 24.3 Å². The van der Waals surface area contributed by atoms with E-state index in [0.29, 0.717) is 12.7 Å². The van der Waals surface area contributed by atoms with Gasteiger partial charge >= 0.3 is 12.1 Å². The number of carboxylic acids is 1. The Hall–Kier alpha value is -1.76. The van der Waals surface area contributed by atoms with E-state index in [9.17, 15) is 23.1 Å². The summed E-state index contributed by atoms with van der Waals surface area (Å²) >= 11 is 0. The first kappa shape index (κ1) is 15.3. The third kappa shape index (κ3) is 2.98. The average molecular weight is 278 g/mol. The third-order valence-electron chi connectivity index (χ3n) is 2.83. The second-order valence-corrected chi connectivity index (χ2v) is 4.19. The minimum absolute atomic E-state index is 0.157. The molecule has 1 rings (SSSR count). The number of aliphatic hydroxyl groups is 1. The van der Waals surface area contributed by atoms with Crippen molar-refractivity contribution in [3.63, 3.8) is 0 Å². The molecule has 2 atom stereocenters. The number of carboxylic acid groups (broad SMARTS) is 1. The lowest BCUT2D eigenvalue weighted by atomic mass is 9.83. The number of halogens is 3. The highest BCUT2D eigenvalue weighted by Gasteiger charge is 2.58. The molecule has 7 heteroatoms. The smallest absolute Gasteiger partial charge is 0.418 e. The highest BCUT2D eigenvalue weighted by atomic mass is 19.4. The highest BCUT2D eigenvalue weighted by Crippen LogP contribution is 2.41. The fraction of sp³-hybridized carbons (Fsp3) is 0.417. The van der Waals surface area contributed by atoms with Gasteiger partial charge in [0.05, 0.1) is 7.11 Å². The molecule has 4 nitrogen and oxygen atoms in total. The topological polar surface area (TPSA) is 66.8 Å². The van der Waals surface area contributed by atoms with Crippen molar-refractivity contribution >= 4 is 5.97 Å². The number of benzene rings is 1. The van der Waals surface area contributed by atoms with E-state index in [1.807, 2.05) is 0 Å². The van der Waals surface area contributed by atoms with Gasteiger partial charge in [-0.25, -0.2) is 0 Å². The molecule has 106 valence electrons. The van der Waals surface area contributed by atoms with Gasteiger partial charge in [0, 0.05) is 0 Å². The van der Waals surface area contributed by atoms with Crippen LogP contribution in [0, 0.1) is 0 Å². The number of aliphatic carboxylic acids is 1. The number of hydrogen-bond donors (Lipinski definition) is 2. The molecule has 0 aliphatic rings. The number of ether oxygens (including phenoxy) is 1. The summed E-state index contributed by atoms with van der Waals surface area (Å²) in [6.07, 6.45) is -5.06. The summed E-state index contributed by atoms with van der Waals surface area (Å²) in [6.45, 7) is 0.440. The number of alkyl halides is 3. The summed E-state index contributed by atoms with van der Waals surface area (Å²) in [7, 11) is 1.37. The summed E-state index contributed by atoms with van der Waals surface area (Å²) in [4.78, 5) is 11.1. The zero-order chi connectivity index (χ0) is 14.8. The molecule has 19 heavy (non-hydrogen) atoms. The van der Waals surface area contributed by atoms with Crippen LogP contribution in [0.5, 0.6) is 5.75 Å². The van der Waals surface area contributed by atoms with Crippen LogP contribution < -0.4 is 4.74 Å². The van der Waals surface area contributed by atoms with E-state index in [0.717, 1.165) is 0 Å². The Balaban J connectivity index is 3.24. The minimum atomic E-state index is -5.06. The molecular weight excluding hydrogens is 265 g/mol. The number of carbonyl (C=O) groups is 1. The van der Waals surface area contributed by atoms with Crippen molar-refractivity contribution in [1.82, 2.24) is 0 Å². The zero-order valence-electron chi connectivity index (χ0n) is 10.2. The van der Waals surface area contributed by atoms with Gasteiger partial charge in [0.2, 0.25) is 0 Å². The molecule has 1 aromatic rings. The van der Waals surface area contributed by atoms with Gasteiger partial charge in [-0.3, -0.25) is 4.79 Å². The van der Waals surface area contributed by atoms with E-state index in [4.69, 9.17) is 9.84 Å². The van der Waals surface area contributed by atoms with Gasteiger partial charge < -0.3 is 14.9 Å². The SMILES string of the molecule is COc1ccc(C(C(=O)O)C(C)(O)C(F)(F)F)cc1. The summed E-state index contributed by atoms with van der Waals surface area (Å²) < 4.78 is 43.0. The summed E-state index contributed by atoms with van der Waals surface area (Å²) in [6, 6.07) is 5.02. The molecule has 0 bridgehead atoms. The quantitative estimate of drug-likeness (QED) is 0.885.